The van der Waals surface area contributed by atoms with Gasteiger partial charge in [0.2, 0.25) is 5.75 Å². The molecule has 0 atom stereocenters. The summed E-state index contributed by atoms with van der Waals surface area (Å²) in [4.78, 5) is 9.89. The van der Waals surface area contributed by atoms with Crippen molar-refractivity contribution in [2.45, 2.75) is 6.54 Å². The molecule has 1 rings (SSSR count). The van der Waals surface area contributed by atoms with Crippen LogP contribution in [0, 0.1) is 10.1 Å². The number of hydrogen-bond donors (Lipinski definition) is 1. The fraction of sp³-hybridized carbons (Fsp3) is 0.250. The molecule has 88 valence electrons. The maximum Gasteiger partial charge on any atom is 0.312 e. The third kappa shape index (κ3) is 3.17. The molecule has 8 heteroatoms. The van der Waals surface area contributed by atoms with E-state index in [0.29, 0.717) is 5.56 Å². The van der Waals surface area contributed by atoms with E-state index in [4.69, 9.17) is 5.73 Å². The number of nitro benzene ring substituents is 1. The van der Waals surface area contributed by atoms with Crippen molar-refractivity contribution >= 4 is 15.8 Å². The van der Waals surface area contributed by atoms with E-state index in [0.717, 1.165) is 12.3 Å². The van der Waals surface area contributed by atoms with Crippen LogP contribution in [0.3, 0.4) is 0 Å². The molecule has 0 saturated carbocycles. The van der Waals surface area contributed by atoms with E-state index in [-0.39, 0.29) is 12.3 Å². The summed E-state index contributed by atoms with van der Waals surface area (Å²) in [5, 5.41) is 10.6. The van der Waals surface area contributed by atoms with E-state index in [1.54, 1.807) is 0 Å². The van der Waals surface area contributed by atoms with Crippen molar-refractivity contribution in [1.29, 1.82) is 0 Å². The van der Waals surface area contributed by atoms with Crippen molar-refractivity contribution in [3.8, 4) is 5.75 Å². The van der Waals surface area contributed by atoms with Crippen LogP contribution in [0.15, 0.2) is 18.2 Å². The Bertz CT molecular complexity index is 511. The molecule has 2 N–H and O–H groups in total. The lowest BCUT2D eigenvalue weighted by Gasteiger charge is -2.05. The molecule has 0 saturated heterocycles. The Kier molecular flexibility index (Phi) is 3.45. The molecule has 0 unspecified atom stereocenters. The average Bonchev–Trinajstić information content (AvgIpc) is 2.14. The predicted molar refractivity (Wildman–Crippen MR) is 56.5 cm³/mol. The topological polar surface area (TPSA) is 113 Å². The van der Waals surface area contributed by atoms with Crippen molar-refractivity contribution in [2.75, 3.05) is 6.26 Å². The molecule has 0 aliphatic rings. The Morgan fingerprint density at radius 1 is 1.50 bits per heavy atom. The molecular formula is C8H10N2O5S. The maximum atomic E-state index is 10.9. The number of nitro groups is 1. The van der Waals surface area contributed by atoms with Crippen LogP contribution < -0.4 is 9.92 Å². The Balaban J connectivity index is 3.26. The smallest absolute Gasteiger partial charge is 0.312 e. The van der Waals surface area contributed by atoms with Gasteiger partial charge in [-0.2, -0.15) is 8.42 Å². The summed E-state index contributed by atoms with van der Waals surface area (Å²) >= 11 is 0. The summed E-state index contributed by atoms with van der Waals surface area (Å²) in [5.41, 5.74) is 5.47. The van der Waals surface area contributed by atoms with Crippen LogP contribution in [0.5, 0.6) is 5.75 Å². The van der Waals surface area contributed by atoms with E-state index in [1.165, 1.54) is 12.1 Å². The van der Waals surface area contributed by atoms with Gasteiger partial charge in [0.15, 0.2) is 0 Å². The molecule has 0 aromatic heterocycles. The zero-order chi connectivity index (χ0) is 12.3. The average molecular weight is 246 g/mol. The van der Waals surface area contributed by atoms with Gasteiger partial charge in [0.05, 0.1) is 11.2 Å². The summed E-state index contributed by atoms with van der Waals surface area (Å²) in [7, 11) is -3.80. The van der Waals surface area contributed by atoms with Crippen LogP contribution in [-0.4, -0.2) is 19.6 Å². The number of nitrogens with zero attached hydrogens (tertiary/aromatic N) is 1. The summed E-state index contributed by atoms with van der Waals surface area (Å²) in [6, 6.07) is 3.83. The second kappa shape index (κ2) is 4.45. The second-order valence-electron chi connectivity index (χ2n) is 3.05. The molecule has 0 spiro atoms. The maximum absolute atomic E-state index is 10.9. The highest BCUT2D eigenvalue weighted by Crippen LogP contribution is 2.28. The van der Waals surface area contributed by atoms with Crippen molar-refractivity contribution in [3.05, 3.63) is 33.9 Å². The highest BCUT2D eigenvalue weighted by molar-refractivity contribution is 7.86. The summed E-state index contributed by atoms with van der Waals surface area (Å²) in [6.07, 6.45) is 0.811. The van der Waals surface area contributed by atoms with Crippen LogP contribution in [0.1, 0.15) is 5.56 Å². The third-order valence-corrected chi connectivity index (χ3v) is 2.18. The lowest BCUT2D eigenvalue weighted by molar-refractivity contribution is -0.385. The van der Waals surface area contributed by atoms with Crippen LogP contribution in [0.4, 0.5) is 5.69 Å². The van der Waals surface area contributed by atoms with Gasteiger partial charge in [-0.25, -0.2) is 0 Å². The number of benzene rings is 1. The van der Waals surface area contributed by atoms with Crippen molar-refractivity contribution in [2.24, 2.45) is 5.73 Å². The molecule has 0 radical (unpaired) electrons. The molecule has 1 aromatic rings. The van der Waals surface area contributed by atoms with Crippen LogP contribution in [0.2, 0.25) is 0 Å². The molecule has 0 aliphatic carbocycles. The minimum absolute atomic E-state index is 0.137. The van der Waals surface area contributed by atoms with Gasteiger partial charge in [0.1, 0.15) is 0 Å². The molecule has 0 heterocycles. The fourth-order valence-corrected chi connectivity index (χ4v) is 1.53. The van der Waals surface area contributed by atoms with Crippen molar-refractivity contribution in [1.82, 2.24) is 0 Å². The van der Waals surface area contributed by atoms with Gasteiger partial charge in [-0.3, -0.25) is 10.1 Å². The standard InChI is InChI=1S/C8H10N2O5S/c1-16(13,14)15-8-4-6(5-9)2-3-7(8)10(11)12/h2-4H,5,9H2,1H3. The number of hydrogen-bond acceptors (Lipinski definition) is 6. The highest BCUT2D eigenvalue weighted by Gasteiger charge is 2.18. The first-order chi connectivity index (χ1) is 7.33. The number of nitrogens with two attached hydrogens (primary N) is 1. The van der Waals surface area contributed by atoms with E-state index >= 15 is 0 Å². The van der Waals surface area contributed by atoms with Gasteiger partial charge in [0, 0.05) is 12.6 Å². The Hall–Kier alpha value is -1.67. The van der Waals surface area contributed by atoms with E-state index in [9.17, 15) is 18.5 Å². The summed E-state index contributed by atoms with van der Waals surface area (Å²) in [6.45, 7) is 0.137. The lowest BCUT2D eigenvalue weighted by atomic mass is 10.2. The van der Waals surface area contributed by atoms with Crippen molar-refractivity contribution < 1.29 is 17.5 Å². The normalized spacial score (nSPS) is 11.1. The molecule has 7 nitrogen and oxygen atoms in total. The summed E-state index contributed by atoms with van der Waals surface area (Å²) < 4.78 is 26.3. The second-order valence-corrected chi connectivity index (χ2v) is 4.63. The molecule has 16 heavy (non-hydrogen) atoms. The van der Waals surface area contributed by atoms with E-state index < -0.39 is 20.7 Å². The van der Waals surface area contributed by atoms with Gasteiger partial charge < -0.3 is 9.92 Å². The largest absolute Gasteiger partial charge is 0.375 e. The molecule has 0 amide bonds. The Morgan fingerprint density at radius 2 is 2.12 bits per heavy atom. The van der Waals surface area contributed by atoms with Crippen LogP contribution in [-0.2, 0) is 16.7 Å². The Labute approximate surface area is 92.1 Å². The molecule has 0 bridgehead atoms. The molecule has 0 fully saturated rings. The van der Waals surface area contributed by atoms with Crippen LogP contribution >= 0.6 is 0 Å². The van der Waals surface area contributed by atoms with Crippen molar-refractivity contribution in [3.63, 3.8) is 0 Å². The zero-order valence-corrected chi connectivity index (χ0v) is 9.23. The fourth-order valence-electron chi connectivity index (χ4n) is 1.07. The van der Waals surface area contributed by atoms with Gasteiger partial charge >= 0.3 is 15.8 Å². The molecule has 0 aliphatic heterocycles. The van der Waals surface area contributed by atoms with Gasteiger partial charge in [-0.1, -0.05) is 6.07 Å². The van der Waals surface area contributed by atoms with E-state index in [2.05, 4.69) is 4.18 Å². The van der Waals surface area contributed by atoms with Gasteiger partial charge in [-0.15, -0.1) is 0 Å². The highest BCUT2D eigenvalue weighted by atomic mass is 32.2. The quantitative estimate of drug-likeness (QED) is 0.467. The van der Waals surface area contributed by atoms with Gasteiger partial charge in [0.25, 0.3) is 0 Å². The SMILES string of the molecule is CS(=O)(=O)Oc1cc(CN)ccc1[N+](=O)[O-]. The first kappa shape index (κ1) is 12.4. The van der Waals surface area contributed by atoms with Gasteiger partial charge in [-0.05, 0) is 11.6 Å². The minimum atomic E-state index is -3.80. The first-order valence-electron chi connectivity index (χ1n) is 4.20. The molecule has 1 aromatic carbocycles. The Morgan fingerprint density at radius 3 is 2.56 bits per heavy atom. The van der Waals surface area contributed by atoms with E-state index in [1.807, 2.05) is 0 Å². The summed E-state index contributed by atoms with van der Waals surface area (Å²) in [5.74, 6) is -0.324. The van der Waals surface area contributed by atoms with Crippen LogP contribution in [0.25, 0.3) is 0 Å². The number of rotatable bonds is 4. The monoisotopic (exact) mass is 246 g/mol. The zero-order valence-electron chi connectivity index (χ0n) is 8.41. The third-order valence-electron chi connectivity index (χ3n) is 1.70. The first-order valence-corrected chi connectivity index (χ1v) is 6.02. The minimum Gasteiger partial charge on any atom is -0.375 e. The lowest BCUT2D eigenvalue weighted by Crippen LogP contribution is -2.08. The predicted octanol–water partition coefficient (Wildman–Crippen LogP) is 0.392. The molecular weight excluding hydrogens is 236 g/mol.